The second-order valence-corrected chi connectivity index (χ2v) is 3.96. The second-order valence-electron chi connectivity index (χ2n) is 3.96. The number of hydrogen-bond donors (Lipinski definition) is 0. The molecular formula is C15H22O. The van der Waals surface area contributed by atoms with E-state index in [1.165, 1.54) is 5.56 Å². The number of benzene rings is 1. The summed E-state index contributed by atoms with van der Waals surface area (Å²) in [6.45, 7) is 5.05. The van der Waals surface area contributed by atoms with Gasteiger partial charge in [-0.3, -0.25) is 0 Å². The minimum atomic E-state index is 0.269. The summed E-state index contributed by atoms with van der Waals surface area (Å²) >= 11 is 0. The van der Waals surface area contributed by atoms with Crippen molar-refractivity contribution in [2.24, 2.45) is 0 Å². The van der Waals surface area contributed by atoms with Crippen LogP contribution < -0.4 is 0 Å². The lowest BCUT2D eigenvalue weighted by Crippen LogP contribution is -2.09. The second kappa shape index (κ2) is 8.12. The van der Waals surface area contributed by atoms with Crippen LogP contribution in [0.2, 0.25) is 0 Å². The molecule has 0 bridgehead atoms. The van der Waals surface area contributed by atoms with Gasteiger partial charge in [0.15, 0.2) is 0 Å². The maximum atomic E-state index is 5.88. The first-order valence-corrected chi connectivity index (χ1v) is 6.19. The molecule has 0 heterocycles. The molecule has 0 saturated carbocycles. The van der Waals surface area contributed by atoms with E-state index in [1.807, 2.05) is 6.07 Å². The zero-order valence-electron chi connectivity index (χ0n) is 10.4. The highest BCUT2D eigenvalue weighted by atomic mass is 16.5. The summed E-state index contributed by atoms with van der Waals surface area (Å²) in [5, 5.41) is 0. The molecule has 0 N–H and O–H groups in total. The largest absolute Gasteiger partial charge is 0.369 e. The summed E-state index contributed by atoms with van der Waals surface area (Å²) in [6.07, 6.45) is 7.98. The minimum Gasteiger partial charge on any atom is -0.369 e. The van der Waals surface area contributed by atoms with Gasteiger partial charge in [0.1, 0.15) is 0 Å². The molecule has 88 valence electrons. The molecule has 16 heavy (non-hydrogen) atoms. The van der Waals surface area contributed by atoms with E-state index in [1.54, 1.807) is 0 Å². The Morgan fingerprint density at radius 1 is 1.19 bits per heavy atom. The molecule has 1 nitrogen and oxygen atoms in total. The zero-order valence-corrected chi connectivity index (χ0v) is 10.4. The van der Waals surface area contributed by atoms with Crippen molar-refractivity contribution in [2.75, 3.05) is 0 Å². The molecule has 1 heteroatoms. The van der Waals surface area contributed by atoms with Gasteiger partial charge in [0.2, 0.25) is 0 Å². The van der Waals surface area contributed by atoms with E-state index in [4.69, 9.17) is 4.74 Å². The van der Waals surface area contributed by atoms with E-state index in [2.05, 4.69) is 50.3 Å². The fourth-order valence-corrected chi connectivity index (χ4v) is 1.58. The minimum absolute atomic E-state index is 0.269. The molecule has 1 aromatic rings. The van der Waals surface area contributed by atoms with Crippen molar-refractivity contribution in [1.82, 2.24) is 0 Å². The number of ether oxygens (including phenoxy) is 1. The van der Waals surface area contributed by atoms with Crippen LogP contribution in [0.15, 0.2) is 42.5 Å². The van der Waals surface area contributed by atoms with E-state index < -0.39 is 0 Å². The maximum absolute atomic E-state index is 5.88. The van der Waals surface area contributed by atoms with Gasteiger partial charge in [0, 0.05) is 0 Å². The molecule has 0 aliphatic heterocycles. The summed E-state index contributed by atoms with van der Waals surface area (Å²) in [6, 6.07) is 10.3. The maximum Gasteiger partial charge on any atom is 0.0760 e. The predicted molar refractivity (Wildman–Crippen MR) is 69.4 cm³/mol. The highest BCUT2D eigenvalue weighted by Gasteiger charge is 2.03. The average Bonchev–Trinajstić information content (AvgIpc) is 2.34. The van der Waals surface area contributed by atoms with Gasteiger partial charge in [0.05, 0.1) is 12.7 Å². The molecule has 0 aliphatic rings. The summed E-state index contributed by atoms with van der Waals surface area (Å²) in [4.78, 5) is 0. The number of rotatable bonds is 7. The molecule has 0 spiro atoms. The quantitative estimate of drug-likeness (QED) is 0.619. The SMILES string of the molecule is CC/C=C/C(CCC)OCc1ccccc1. The monoisotopic (exact) mass is 218 g/mol. The Labute approximate surface area is 99.1 Å². The van der Waals surface area contributed by atoms with Crippen molar-refractivity contribution >= 4 is 0 Å². The first kappa shape index (κ1) is 13.0. The molecule has 1 rings (SSSR count). The van der Waals surface area contributed by atoms with Crippen molar-refractivity contribution in [2.45, 2.75) is 45.8 Å². The van der Waals surface area contributed by atoms with Gasteiger partial charge in [-0.15, -0.1) is 0 Å². The van der Waals surface area contributed by atoms with Gasteiger partial charge in [-0.2, -0.15) is 0 Å². The van der Waals surface area contributed by atoms with Crippen LogP contribution in [0.4, 0.5) is 0 Å². The van der Waals surface area contributed by atoms with Gasteiger partial charge in [-0.05, 0) is 18.4 Å². The molecule has 0 aromatic heterocycles. The third-order valence-corrected chi connectivity index (χ3v) is 2.47. The van der Waals surface area contributed by atoms with E-state index in [9.17, 15) is 0 Å². The summed E-state index contributed by atoms with van der Waals surface area (Å²) in [5.74, 6) is 0. The van der Waals surface area contributed by atoms with Crippen molar-refractivity contribution in [3.05, 3.63) is 48.0 Å². The Balaban J connectivity index is 2.40. The Kier molecular flexibility index (Phi) is 6.59. The topological polar surface area (TPSA) is 9.23 Å². The van der Waals surface area contributed by atoms with E-state index in [0.29, 0.717) is 6.61 Å². The smallest absolute Gasteiger partial charge is 0.0760 e. The lowest BCUT2D eigenvalue weighted by atomic mass is 10.2. The molecule has 1 atom stereocenters. The molecule has 1 aromatic carbocycles. The van der Waals surface area contributed by atoms with Gasteiger partial charge < -0.3 is 4.74 Å². The van der Waals surface area contributed by atoms with Crippen molar-refractivity contribution in [3.8, 4) is 0 Å². The average molecular weight is 218 g/mol. The predicted octanol–water partition coefficient (Wildman–Crippen LogP) is 4.34. The van der Waals surface area contributed by atoms with Crippen molar-refractivity contribution in [3.63, 3.8) is 0 Å². The van der Waals surface area contributed by atoms with Crippen LogP contribution in [0.3, 0.4) is 0 Å². The standard InChI is InChI=1S/C15H22O/c1-3-5-12-15(9-4-2)16-13-14-10-7-6-8-11-14/h5-8,10-12,15H,3-4,9,13H2,1-2H3/b12-5+. The Morgan fingerprint density at radius 3 is 2.56 bits per heavy atom. The van der Waals surface area contributed by atoms with Gasteiger partial charge in [-0.1, -0.05) is 62.8 Å². The Bertz CT molecular complexity index is 290. The molecular weight excluding hydrogens is 196 g/mol. The molecule has 0 amide bonds. The van der Waals surface area contributed by atoms with Crippen LogP contribution in [0.25, 0.3) is 0 Å². The number of hydrogen-bond acceptors (Lipinski definition) is 1. The van der Waals surface area contributed by atoms with E-state index in [0.717, 1.165) is 19.3 Å². The van der Waals surface area contributed by atoms with Gasteiger partial charge in [0.25, 0.3) is 0 Å². The van der Waals surface area contributed by atoms with Crippen molar-refractivity contribution in [1.29, 1.82) is 0 Å². The third kappa shape index (κ3) is 5.13. The molecule has 0 radical (unpaired) electrons. The van der Waals surface area contributed by atoms with Crippen LogP contribution in [-0.4, -0.2) is 6.10 Å². The molecule has 1 unspecified atom stereocenters. The third-order valence-electron chi connectivity index (χ3n) is 2.47. The zero-order chi connectivity index (χ0) is 11.6. The summed E-state index contributed by atoms with van der Waals surface area (Å²) in [7, 11) is 0. The lowest BCUT2D eigenvalue weighted by molar-refractivity contribution is 0.0659. The summed E-state index contributed by atoms with van der Waals surface area (Å²) in [5.41, 5.74) is 1.24. The fraction of sp³-hybridized carbons (Fsp3) is 0.467. The fourth-order valence-electron chi connectivity index (χ4n) is 1.58. The Hall–Kier alpha value is -1.08. The normalized spacial score (nSPS) is 13.1. The van der Waals surface area contributed by atoms with E-state index in [-0.39, 0.29) is 6.10 Å². The first-order chi connectivity index (χ1) is 7.86. The lowest BCUT2D eigenvalue weighted by Gasteiger charge is -2.13. The van der Waals surface area contributed by atoms with Gasteiger partial charge >= 0.3 is 0 Å². The van der Waals surface area contributed by atoms with Crippen LogP contribution >= 0.6 is 0 Å². The van der Waals surface area contributed by atoms with Crippen LogP contribution in [-0.2, 0) is 11.3 Å². The van der Waals surface area contributed by atoms with Crippen molar-refractivity contribution < 1.29 is 4.74 Å². The highest BCUT2D eigenvalue weighted by Crippen LogP contribution is 2.09. The van der Waals surface area contributed by atoms with Gasteiger partial charge in [-0.25, -0.2) is 0 Å². The molecule has 0 fully saturated rings. The van der Waals surface area contributed by atoms with Crippen LogP contribution in [0.5, 0.6) is 0 Å². The number of allylic oxidation sites excluding steroid dienone is 1. The first-order valence-electron chi connectivity index (χ1n) is 6.19. The van der Waals surface area contributed by atoms with Crippen LogP contribution in [0.1, 0.15) is 38.7 Å². The van der Waals surface area contributed by atoms with E-state index >= 15 is 0 Å². The molecule has 0 saturated heterocycles. The summed E-state index contributed by atoms with van der Waals surface area (Å²) < 4.78 is 5.88. The Morgan fingerprint density at radius 2 is 1.94 bits per heavy atom. The molecule has 0 aliphatic carbocycles. The van der Waals surface area contributed by atoms with Crippen LogP contribution in [0, 0.1) is 0 Å². The highest BCUT2D eigenvalue weighted by molar-refractivity contribution is 5.13.